The second-order valence-corrected chi connectivity index (χ2v) is 17.2. The molecule has 0 radical (unpaired) electrons. The first-order valence-electron chi connectivity index (χ1n) is 22.5. The molecule has 0 saturated carbocycles. The summed E-state index contributed by atoms with van der Waals surface area (Å²) in [7, 11) is 0. The topological polar surface area (TPSA) is 22.1 Å². The molecule has 0 spiro atoms. The van der Waals surface area contributed by atoms with Gasteiger partial charge in [0.1, 0.15) is 5.69 Å². The Bertz CT molecular complexity index is 3280. The zero-order valence-electron chi connectivity index (χ0n) is 37.1. The lowest BCUT2D eigenvalue weighted by Gasteiger charge is -2.37. The lowest BCUT2D eigenvalue weighted by Crippen LogP contribution is -2.25. The maximum atomic E-state index is 5.13. The van der Waals surface area contributed by atoms with E-state index in [1.54, 1.807) is 11.3 Å². The van der Waals surface area contributed by atoms with Crippen LogP contribution in [-0.2, 0) is 0 Å². The first-order valence-corrected chi connectivity index (χ1v) is 23.3. The third-order valence-corrected chi connectivity index (χ3v) is 13.1. The van der Waals surface area contributed by atoms with E-state index in [2.05, 4.69) is 271 Å². The first-order chi connectivity index (χ1) is 33.2. The standard InChI is InChI=1S/C62H48N4S/c1-3-51(35-21-25-46-23-9-4-10-24-46)65(52-31-15-7-16-32-52)61-56-37-20-19-36-55(56)60(66(53-33-17-8-18-34-53)54-40-38-48(39-41-54)47-26-11-5-12-27-47)59(63-2)62(61)64-44-22-30-50(45-64)58-43-42-57(67-58)49-28-13-6-14-29-49/h3-43,45H,1-2,44H2/b25-21+,51-35+. The highest BCUT2D eigenvalue weighted by Gasteiger charge is 2.31. The average Bonchev–Trinajstić information content (AvgIpc) is 3.91. The molecule has 0 N–H and O–H groups in total. The number of aliphatic imine (C=N–C) groups is 1. The summed E-state index contributed by atoms with van der Waals surface area (Å²) in [5, 5.41) is 2.06. The molecule has 9 aromatic rings. The lowest BCUT2D eigenvalue weighted by molar-refractivity contribution is 1.07. The molecule has 0 unspecified atom stereocenters. The van der Waals surface area contributed by atoms with Gasteiger partial charge >= 0.3 is 0 Å². The third kappa shape index (κ3) is 8.84. The van der Waals surface area contributed by atoms with E-state index >= 15 is 0 Å². The van der Waals surface area contributed by atoms with Gasteiger partial charge < -0.3 is 14.7 Å². The molecule has 1 aliphatic heterocycles. The molecule has 1 aromatic heterocycles. The highest BCUT2D eigenvalue weighted by Crippen LogP contribution is 2.57. The van der Waals surface area contributed by atoms with Crippen molar-refractivity contribution < 1.29 is 0 Å². The van der Waals surface area contributed by atoms with Gasteiger partial charge in [0, 0.05) is 61.6 Å². The van der Waals surface area contributed by atoms with Gasteiger partial charge in [0.05, 0.1) is 17.1 Å². The molecule has 10 rings (SSSR count). The van der Waals surface area contributed by atoms with E-state index in [1.165, 1.54) is 20.9 Å². The number of benzene rings is 8. The highest BCUT2D eigenvalue weighted by atomic mass is 32.1. The van der Waals surface area contributed by atoms with Crippen molar-refractivity contribution in [3.05, 3.63) is 272 Å². The summed E-state index contributed by atoms with van der Waals surface area (Å²) >= 11 is 1.80. The Kier molecular flexibility index (Phi) is 12.5. The molecular weight excluding hydrogens is 833 g/mol. The molecule has 0 aliphatic carbocycles. The van der Waals surface area contributed by atoms with Gasteiger partial charge in [0.15, 0.2) is 0 Å². The number of rotatable bonds is 14. The molecule has 322 valence electrons. The van der Waals surface area contributed by atoms with Crippen molar-refractivity contribution in [1.82, 2.24) is 0 Å². The van der Waals surface area contributed by atoms with E-state index in [1.807, 2.05) is 12.1 Å². The number of para-hydroxylation sites is 2. The zero-order chi connectivity index (χ0) is 45.4. The molecule has 8 aromatic carbocycles. The molecule has 2 heterocycles. The van der Waals surface area contributed by atoms with Crippen molar-refractivity contribution >= 4 is 80.3 Å². The first kappa shape index (κ1) is 42.4. The number of nitrogens with zero attached hydrogens (tertiary/aromatic N) is 4. The summed E-state index contributed by atoms with van der Waals surface area (Å²) in [4.78, 5) is 14.5. The van der Waals surface area contributed by atoms with E-state index in [0.717, 1.165) is 73.0 Å². The second kappa shape index (κ2) is 19.7. The van der Waals surface area contributed by atoms with Crippen LogP contribution < -0.4 is 14.7 Å². The normalized spacial score (nSPS) is 12.6. The van der Waals surface area contributed by atoms with Crippen LogP contribution in [0.5, 0.6) is 0 Å². The van der Waals surface area contributed by atoms with Gasteiger partial charge in [-0.25, -0.2) is 0 Å². The number of hydrogen-bond acceptors (Lipinski definition) is 5. The molecule has 0 saturated heterocycles. The van der Waals surface area contributed by atoms with Gasteiger partial charge in [-0.3, -0.25) is 4.99 Å². The molecular formula is C62H48N4S. The average molecular weight is 881 g/mol. The smallest absolute Gasteiger partial charge is 0.113 e. The fourth-order valence-corrected chi connectivity index (χ4v) is 9.82. The van der Waals surface area contributed by atoms with Crippen LogP contribution in [0.15, 0.2) is 266 Å². The molecule has 5 heteroatoms. The summed E-state index contributed by atoms with van der Waals surface area (Å²) in [5.41, 5.74) is 13.2. The quantitative estimate of drug-likeness (QED) is 0.0802. The molecule has 0 atom stereocenters. The van der Waals surface area contributed by atoms with Gasteiger partial charge in [0.2, 0.25) is 0 Å². The van der Waals surface area contributed by atoms with Crippen LogP contribution in [0.25, 0.3) is 44.0 Å². The van der Waals surface area contributed by atoms with Crippen molar-refractivity contribution in [2.75, 3.05) is 21.2 Å². The SMILES string of the molecule is C=C/C(=C\C=C\c1ccccc1)N(c1ccccc1)c1c(N2C=C(c3ccc(-c4ccccc4)s3)C=CC2)c(N=C)c(N(c2ccccc2)c2ccc(-c3ccccc3)cc2)c2ccccc12. The van der Waals surface area contributed by atoms with Crippen LogP contribution in [0, 0.1) is 0 Å². The van der Waals surface area contributed by atoms with Crippen LogP contribution in [0.3, 0.4) is 0 Å². The van der Waals surface area contributed by atoms with Gasteiger partial charge in [-0.2, -0.15) is 0 Å². The molecule has 1 aliphatic rings. The minimum Gasteiger partial charge on any atom is -0.340 e. The van der Waals surface area contributed by atoms with Gasteiger partial charge in [-0.05, 0) is 89.7 Å². The summed E-state index contributed by atoms with van der Waals surface area (Å²) in [6.45, 7) is 9.45. The Morgan fingerprint density at radius 1 is 0.552 bits per heavy atom. The van der Waals surface area contributed by atoms with E-state index in [4.69, 9.17) is 4.99 Å². The Hall–Kier alpha value is -8.51. The molecule has 0 bridgehead atoms. The number of allylic oxidation sites excluding steroid dienone is 5. The van der Waals surface area contributed by atoms with Crippen molar-refractivity contribution in [2.24, 2.45) is 4.99 Å². The number of anilines is 6. The Morgan fingerprint density at radius 2 is 1.09 bits per heavy atom. The van der Waals surface area contributed by atoms with Crippen LogP contribution >= 0.6 is 11.3 Å². The predicted octanol–water partition coefficient (Wildman–Crippen LogP) is 17.4. The zero-order valence-corrected chi connectivity index (χ0v) is 37.9. The third-order valence-electron chi connectivity index (χ3n) is 11.9. The van der Waals surface area contributed by atoms with Crippen molar-refractivity contribution in [1.29, 1.82) is 0 Å². The second-order valence-electron chi connectivity index (χ2n) is 16.1. The number of hydrogen-bond donors (Lipinski definition) is 0. The summed E-state index contributed by atoms with van der Waals surface area (Å²) in [6, 6.07) is 74.6. The largest absolute Gasteiger partial charge is 0.340 e. The van der Waals surface area contributed by atoms with E-state index < -0.39 is 0 Å². The summed E-state index contributed by atoms with van der Waals surface area (Å²) in [6.07, 6.45) is 15.1. The fourth-order valence-electron chi connectivity index (χ4n) is 8.82. The highest BCUT2D eigenvalue weighted by molar-refractivity contribution is 7.16. The van der Waals surface area contributed by atoms with Crippen molar-refractivity contribution in [2.45, 2.75) is 0 Å². The molecule has 67 heavy (non-hydrogen) atoms. The fraction of sp³-hybridized carbons (Fsp3) is 0.0161. The van der Waals surface area contributed by atoms with Gasteiger partial charge in [-0.15, -0.1) is 11.3 Å². The van der Waals surface area contributed by atoms with Crippen LogP contribution in [0.1, 0.15) is 10.4 Å². The van der Waals surface area contributed by atoms with E-state index in [0.29, 0.717) is 6.54 Å². The van der Waals surface area contributed by atoms with E-state index in [-0.39, 0.29) is 0 Å². The van der Waals surface area contributed by atoms with Crippen LogP contribution in [0.4, 0.5) is 39.8 Å². The Balaban J connectivity index is 1.25. The molecule has 0 fully saturated rings. The summed E-state index contributed by atoms with van der Waals surface area (Å²) < 4.78 is 0. The van der Waals surface area contributed by atoms with Crippen molar-refractivity contribution in [3.8, 4) is 21.6 Å². The number of fused-ring (bicyclic) bond motifs is 1. The van der Waals surface area contributed by atoms with Crippen molar-refractivity contribution in [3.63, 3.8) is 0 Å². The minimum atomic E-state index is 0.606. The van der Waals surface area contributed by atoms with Gasteiger partial charge in [0.25, 0.3) is 0 Å². The summed E-state index contributed by atoms with van der Waals surface area (Å²) in [5.74, 6) is 0. The minimum absolute atomic E-state index is 0.606. The molecule has 4 nitrogen and oxygen atoms in total. The van der Waals surface area contributed by atoms with E-state index in [9.17, 15) is 0 Å². The monoisotopic (exact) mass is 880 g/mol. The van der Waals surface area contributed by atoms with Crippen LogP contribution in [0.2, 0.25) is 0 Å². The lowest BCUT2D eigenvalue weighted by atomic mass is 9.97. The van der Waals surface area contributed by atoms with Crippen LogP contribution in [-0.4, -0.2) is 13.3 Å². The predicted molar refractivity (Wildman–Crippen MR) is 290 cm³/mol. The maximum absolute atomic E-state index is 5.13. The van der Waals surface area contributed by atoms with Gasteiger partial charge in [-0.1, -0.05) is 195 Å². The maximum Gasteiger partial charge on any atom is 0.113 e. The Morgan fingerprint density at radius 3 is 1.73 bits per heavy atom. The molecule has 0 amide bonds. The number of thiophene rings is 1. The Labute approximate surface area is 397 Å².